The van der Waals surface area contributed by atoms with Crippen molar-refractivity contribution in [3.63, 3.8) is 0 Å². The molecule has 0 N–H and O–H groups in total. The molecule has 6 nitrogen and oxygen atoms in total. The van der Waals surface area contributed by atoms with Crippen LogP contribution in [0.3, 0.4) is 0 Å². The lowest BCUT2D eigenvalue weighted by Crippen LogP contribution is -2.48. The van der Waals surface area contributed by atoms with Crippen molar-refractivity contribution in [1.29, 1.82) is 0 Å². The Morgan fingerprint density at radius 3 is 2.87 bits per heavy atom. The van der Waals surface area contributed by atoms with Gasteiger partial charge in [0, 0.05) is 32.5 Å². The number of aryl methyl sites for hydroxylation is 1. The summed E-state index contributed by atoms with van der Waals surface area (Å²) in [7, 11) is 0. The van der Waals surface area contributed by atoms with Crippen molar-refractivity contribution in [2.45, 2.75) is 58.4 Å². The van der Waals surface area contributed by atoms with Gasteiger partial charge in [-0.2, -0.15) is 4.98 Å². The molecule has 2 fully saturated rings. The Kier molecular flexibility index (Phi) is 5.30. The summed E-state index contributed by atoms with van der Waals surface area (Å²) >= 11 is 0. The van der Waals surface area contributed by atoms with E-state index in [0.29, 0.717) is 30.3 Å². The maximum absolute atomic E-state index is 12.6. The SMILES string of the molecule is Cc1nc(CC2CCCN(CC(=O)N3CCCCC3C)C2)no1. The molecule has 1 aromatic heterocycles. The third-order valence-corrected chi connectivity index (χ3v) is 5.13. The van der Waals surface area contributed by atoms with E-state index in [1.165, 1.54) is 12.8 Å². The molecule has 3 rings (SSSR count). The van der Waals surface area contributed by atoms with Crippen molar-refractivity contribution < 1.29 is 9.32 Å². The lowest BCUT2D eigenvalue weighted by molar-refractivity contribution is -0.136. The second-order valence-electron chi connectivity index (χ2n) is 7.11. The van der Waals surface area contributed by atoms with E-state index in [1.54, 1.807) is 0 Å². The third kappa shape index (κ3) is 4.31. The molecule has 0 aromatic carbocycles. The molecule has 0 radical (unpaired) electrons. The number of carbonyl (C=O) groups is 1. The highest BCUT2D eigenvalue weighted by Gasteiger charge is 2.27. The molecule has 2 saturated heterocycles. The van der Waals surface area contributed by atoms with Crippen LogP contribution in [-0.4, -0.2) is 58.1 Å². The molecule has 23 heavy (non-hydrogen) atoms. The Morgan fingerprint density at radius 2 is 2.13 bits per heavy atom. The van der Waals surface area contributed by atoms with Crippen LogP contribution in [0.15, 0.2) is 4.52 Å². The number of rotatable bonds is 4. The minimum absolute atomic E-state index is 0.299. The summed E-state index contributed by atoms with van der Waals surface area (Å²) in [6.45, 7) is 7.47. The number of amides is 1. The maximum Gasteiger partial charge on any atom is 0.236 e. The molecule has 2 aliphatic heterocycles. The molecule has 1 amide bonds. The van der Waals surface area contributed by atoms with Crippen LogP contribution in [-0.2, 0) is 11.2 Å². The van der Waals surface area contributed by atoms with E-state index in [9.17, 15) is 4.79 Å². The number of likely N-dealkylation sites (tertiary alicyclic amines) is 2. The molecular formula is C17H28N4O2. The fraction of sp³-hybridized carbons (Fsp3) is 0.824. The molecule has 6 heteroatoms. The van der Waals surface area contributed by atoms with E-state index in [1.807, 2.05) is 6.92 Å². The maximum atomic E-state index is 12.6. The second-order valence-corrected chi connectivity index (χ2v) is 7.11. The Morgan fingerprint density at radius 1 is 1.26 bits per heavy atom. The number of aromatic nitrogens is 2. The van der Waals surface area contributed by atoms with Crippen LogP contribution in [0.4, 0.5) is 0 Å². The molecule has 2 unspecified atom stereocenters. The van der Waals surface area contributed by atoms with Crippen LogP contribution < -0.4 is 0 Å². The lowest BCUT2D eigenvalue weighted by Gasteiger charge is -2.37. The average molecular weight is 320 g/mol. The van der Waals surface area contributed by atoms with Gasteiger partial charge in [-0.15, -0.1) is 0 Å². The van der Waals surface area contributed by atoms with E-state index >= 15 is 0 Å². The molecule has 2 aliphatic rings. The summed E-state index contributed by atoms with van der Waals surface area (Å²) in [4.78, 5) is 21.3. The van der Waals surface area contributed by atoms with Gasteiger partial charge in [0.2, 0.25) is 11.8 Å². The molecule has 0 bridgehead atoms. The van der Waals surface area contributed by atoms with E-state index in [0.717, 1.165) is 51.1 Å². The number of carbonyl (C=O) groups excluding carboxylic acids is 1. The molecule has 0 spiro atoms. The summed E-state index contributed by atoms with van der Waals surface area (Å²) in [5.41, 5.74) is 0. The largest absolute Gasteiger partial charge is 0.340 e. The standard InChI is InChI=1S/C17H28N4O2/c1-13-6-3-4-9-21(13)17(22)12-20-8-5-7-15(11-20)10-16-18-14(2)23-19-16/h13,15H,3-12H2,1-2H3. The van der Waals surface area contributed by atoms with Crippen LogP contribution in [0.2, 0.25) is 0 Å². The van der Waals surface area contributed by atoms with Gasteiger partial charge in [-0.25, -0.2) is 0 Å². The van der Waals surface area contributed by atoms with Crippen LogP contribution in [0.1, 0.15) is 50.7 Å². The molecule has 0 saturated carbocycles. The van der Waals surface area contributed by atoms with Crippen molar-refractivity contribution in [3.05, 3.63) is 11.7 Å². The van der Waals surface area contributed by atoms with Gasteiger partial charge in [0.15, 0.2) is 5.82 Å². The minimum atomic E-state index is 0.299. The van der Waals surface area contributed by atoms with Gasteiger partial charge < -0.3 is 9.42 Å². The highest BCUT2D eigenvalue weighted by atomic mass is 16.5. The fourth-order valence-corrected chi connectivity index (χ4v) is 3.89. The predicted molar refractivity (Wildman–Crippen MR) is 86.9 cm³/mol. The van der Waals surface area contributed by atoms with Crippen molar-refractivity contribution in [2.24, 2.45) is 5.92 Å². The van der Waals surface area contributed by atoms with Gasteiger partial charge in [-0.05, 0) is 51.5 Å². The second kappa shape index (κ2) is 7.43. The zero-order valence-corrected chi connectivity index (χ0v) is 14.3. The zero-order valence-electron chi connectivity index (χ0n) is 14.3. The van der Waals surface area contributed by atoms with Gasteiger partial charge in [0.25, 0.3) is 0 Å². The first kappa shape index (κ1) is 16.4. The van der Waals surface area contributed by atoms with Crippen LogP contribution in [0, 0.1) is 12.8 Å². The molecule has 128 valence electrons. The van der Waals surface area contributed by atoms with Crippen molar-refractivity contribution >= 4 is 5.91 Å². The molecule has 0 aliphatic carbocycles. The van der Waals surface area contributed by atoms with Gasteiger partial charge in [-0.1, -0.05) is 5.16 Å². The van der Waals surface area contributed by atoms with Gasteiger partial charge >= 0.3 is 0 Å². The van der Waals surface area contributed by atoms with Gasteiger partial charge in [-0.3, -0.25) is 9.69 Å². The molecule has 3 heterocycles. The van der Waals surface area contributed by atoms with Crippen LogP contribution in [0.25, 0.3) is 0 Å². The van der Waals surface area contributed by atoms with E-state index < -0.39 is 0 Å². The number of nitrogens with zero attached hydrogens (tertiary/aromatic N) is 4. The first-order chi connectivity index (χ1) is 11.1. The average Bonchev–Trinajstić information content (AvgIpc) is 2.93. The first-order valence-corrected chi connectivity index (χ1v) is 8.93. The summed E-state index contributed by atoms with van der Waals surface area (Å²) in [5.74, 6) is 2.24. The summed E-state index contributed by atoms with van der Waals surface area (Å²) in [5, 5.41) is 4.00. The quantitative estimate of drug-likeness (QED) is 0.849. The minimum Gasteiger partial charge on any atom is -0.340 e. The summed E-state index contributed by atoms with van der Waals surface area (Å²) in [6.07, 6.45) is 6.72. The fourth-order valence-electron chi connectivity index (χ4n) is 3.89. The number of hydrogen-bond donors (Lipinski definition) is 0. The Hall–Kier alpha value is -1.43. The Labute approximate surface area is 138 Å². The predicted octanol–water partition coefficient (Wildman–Crippen LogP) is 2.03. The first-order valence-electron chi connectivity index (χ1n) is 8.93. The third-order valence-electron chi connectivity index (χ3n) is 5.13. The number of piperidine rings is 2. The van der Waals surface area contributed by atoms with Gasteiger partial charge in [0.05, 0.1) is 6.54 Å². The summed E-state index contributed by atoms with van der Waals surface area (Å²) in [6, 6.07) is 0.402. The smallest absolute Gasteiger partial charge is 0.236 e. The number of hydrogen-bond acceptors (Lipinski definition) is 5. The normalized spacial score (nSPS) is 26.4. The van der Waals surface area contributed by atoms with Crippen molar-refractivity contribution in [3.8, 4) is 0 Å². The van der Waals surface area contributed by atoms with Crippen LogP contribution >= 0.6 is 0 Å². The van der Waals surface area contributed by atoms with E-state index in [2.05, 4.69) is 26.9 Å². The van der Waals surface area contributed by atoms with Crippen molar-refractivity contribution in [1.82, 2.24) is 19.9 Å². The van der Waals surface area contributed by atoms with E-state index in [-0.39, 0.29) is 0 Å². The molecular weight excluding hydrogens is 292 g/mol. The molecule has 2 atom stereocenters. The highest BCUT2D eigenvalue weighted by Crippen LogP contribution is 2.21. The Balaban J connectivity index is 1.51. The highest BCUT2D eigenvalue weighted by molar-refractivity contribution is 5.78. The Bertz CT molecular complexity index is 530. The van der Waals surface area contributed by atoms with Crippen molar-refractivity contribution in [2.75, 3.05) is 26.2 Å². The van der Waals surface area contributed by atoms with Crippen LogP contribution in [0.5, 0.6) is 0 Å². The van der Waals surface area contributed by atoms with E-state index in [4.69, 9.17) is 4.52 Å². The zero-order chi connectivity index (χ0) is 16.2. The molecule has 1 aromatic rings. The van der Waals surface area contributed by atoms with Gasteiger partial charge in [0.1, 0.15) is 0 Å². The summed E-state index contributed by atoms with van der Waals surface area (Å²) < 4.78 is 5.05. The monoisotopic (exact) mass is 320 g/mol. The topological polar surface area (TPSA) is 62.5 Å². The lowest BCUT2D eigenvalue weighted by atomic mass is 9.94.